The van der Waals surface area contributed by atoms with E-state index in [1.54, 1.807) is 0 Å². The first-order valence-electron chi connectivity index (χ1n) is 13.8. The minimum atomic E-state index is -0.661. The summed E-state index contributed by atoms with van der Waals surface area (Å²) in [6.45, 7) is 15.9. The molecule has 5 aliphatic carbocycles. The third-order valence-electron chi connectivity index (χ3n) is 13.2. The minimum absolute atomic E-state index is 0.00321. The summed E-state index contributed by atoms with van der Waals surface area (Å²) in [5, 5.41) is 22.5. The van der Waals surface area contributed by atoms with Gasteiger partial charge in [0.15, 0.2) is 0 Å². The molecule has 5 rings (SSSR count). The molecule has 0 radical (unpaired) electrons. The number of aliphatic hydroxyl groups is 1. The molecule has 190 valence electrons. The summed E-state index contributed by atoms with van der Waals surface area (Å²) in [6.07, 6.45) is 8.35. The first-order valence-corrected chi connectivity index (χ1v) is 13.8. The number of aliphatic hydroxyl groups excluding tert-OH is 1. The molecular formula is C30H46O4. The molecule has 0 aliphatic heterocycles. The van der Waals surface area contributed by atoms with E-state index in [0.29, 0.717) is 42.8 Å². The zero-order valence-corrected chi connectivity index (χ0v) is 22.4. The number of carbonyl (C=O) groups excluding carboxylic acids is 1. The maximum Gasteiger partial charge on any atom is 0.310 e. The van der Waals surface area contributed by atoms with Crippen molar-refractivity contribution >= 4 is 11.8 Å². The van der Waals surface area contributed by atoms with Crippen molar-refractivity contribution in [2.24, 2.45) is 56.7 Å². The van der Waals surface area contributed by atoms with Crippen molar-refractivity contribution in [2.75, 3.05) is 0 Å². The maximum absolute atomic E-state index is 12.9. The van der Waals surface area contributed by atoms with Crippen LogP contribution in [0.3, 0.4) is 0 Å². The molecule has 0 saturated heterocycles. The Morgan fingerprint density at radius 3 is 2.32 bits per heavy atom. The lowest BCUT2D eigenvalue weighted by atomic mass is 9.33. The third-order valence-corrected chi connectivity index (χ3v) is 13.2. The summed E-state index contributed by atoms with van der Waals surface area (Å²) >= 11 is 0. The van der Waals surface area contributed by atoms with Crippen LogP contribution in [0.15, 0.2) is 11.6 Å². The molecule has 4 fully saturated rings. The van der Waals surface area contributed by atoms with Gasteiger partial charge in [-0.3, -0.25) is 9.59 Å². The fraction of sp³-hybridized carbons (Fsp3) is 0.867. The van der Waals surface area contributed by atoms with Crippen molar-refractivity contribution < 1.29 is 19.8 Å². The predicted molar refractivity (Wildman–Crippen MR) is 133 cm³/mol. The van der Waals surface area contributed by atoms with Crippen LogP contribution in [0, 0.1) is 56.7 Å². The third kappa shape index (κ3) is 2.65. The number of Topliss-reactive ketones (excluding diaryl/α,β-unsaturated/α-hetero) is 1. The lowest BCUT2D eigenvalue weighted by Crippen LogP contribution is -2.69. The maximum atomic E-state index is 12.9. The summed E-state index contributed by atoms with van der Waals surface area (Å²) in [5.74, 6) is 1.09. The van der Waals surface area contributed by atoms with Crippen LogP contribution in [-0.2, 0) is 9.59 Å². The van der Waals surface area contributed by atoms with Gasteiger partial charge in [0.1, 0.15) is 5.78 Å². The number of carbonyl (C=O) groups is 2. The second kappa shape index (κ2) is 7.20. The second-order valence-corrected chi connectivity index (χ2v) is 14.3. The Bertz CT molecular complexity index is 949. The van der Waals surface area contributed by atoms with E-state index in [1.165, 1.54) is 5.57 Å². The number of allylic oxidation sites excluding steroid dienone is 2. The molecule has 0 unspecified atom stereocenters. The Labute approximate surface area is 206 Å². The lowest BCUT2D eigenvalue weighted by Gasteiger charge is -2.71. The average Bonchev–Trinajstić information content (AvgIpc) is 2.76. The van der Waals surface area contributed by atoms with Gasteiger partial charge in [-0.1, -0.05) is 60.1 Å². The van der Waals surface area contributed by atoms with Gasteiger partial charge in [-0.2, -0.15) is 0 Å². The first-order chi connectivity index (χ1) is 15.7. The van der Waals surface area contributed by atoms with E-state index in [1.807, 2.05) is 0 Å². The van der Waals surface area contributed by atoms with Crippen molar-refractivity contribution in [3.05, 3.63) is 11.6 Å². The van der Waals surface area contributed by atoms with Gasteiger partial charge in [-0.15, -0.1) is 0 Å². The topological polar surface area (TPSA) is 74.6 Å². The zero-order valence-electron chi connectivity index (χ0n) is 22.4. The molecule has 4 heteroatoms. The summed E-state index contributed by atoms with van der Waals surface area (Å²) in [5.41, 5.74) is -0.257. The number of aliphatic carboxylic acids is 1. The van der Waals surface area contributed by atoms with E-state index < -0.39 is 22.9 Å². The van der Waals surface area contributed by atoms with E-state index in [4.69, 9.17) is 0 Å². The van der Waals surface area contributed by atoms with E-state index >= 15 is 0 Å². The van der Waals surface area contributed by atoms with E-state index in [2.05, 4.69) is 54.5 Å². The molecular weight excluding hydrogens is 424 g/mol. The second-order valence-electron chi connectivity index (χ2n) is 14.3. The highest BCUT2D eigenvalue weighted by atomic mass is 16.4. The fourth-order valence-corrected chi connectivity index (χ4v) is 10.6. The van der Waals surface area contributed by atoms with Crippen molar-refractivity contribution in [1.82, 2.24) is 0 Å². The van der Waals surface area contributed by atoms with E-state index in [0.717, 1.165) is 32.1 Å². The number of hydrogen-bond donors (Lipinski definition) is 2. The van der Waals surface area contributed by atoms with Crippen LogP contribution in [0.2, 0.25) is 0 Å². The monoisotopic (exact) mass is 470 g/mol. The van der Waals surface area contributed by atoms with Crippen molar-refractivity contribution in [3.8, 4) is 0 Å². The van der Waals surface area contributed by atoms with Crippen LogP contribution in [0.1, 0.15) is 99.8 Å². The van der Waals surface area contributed by atoms with Crippen LogP contribution >= 0.6 is 0 Å². The summed E-state index contributed by atoms with van der Waals surface area (Å²) < 4.78 is 0. The lowest BCUT2D eigenvalue weighted by molar-refractivity contribution is -0.228. The van der Waals surface area contributed by atoms with Crippen LogP contribution < -0.4 is 0 Å². The molecule has 0 heterocycles. The molecule has 4 nitrogen and oxygen atoms in total. The quantitative estimate of drug-likeness (QED) is 0.443. The van der Waals surface area contributed by atoms with Crippen molar-refractivity contribution in [1.29, 1.82) is 0 Å². The summed E-state index contributed by atoms with van der Waals surface area (Å²) in [4.78, 5) is 25.7. The van der Waals surface area contributed by atoms with Crippen molar-refractivity contribution in [3.63, 3.8) is 0 Å². The van der Waals surface area contributed by atoms with E-state index in [-0.39, 0.29) is 28.1 Å². The molecule has 0 aromatic rings. The minimum Gasteiger partial charge on any atom is -0.481 e. The molecule has 10 atom stereocenters. The number of ketones is 1. The van der Waals surface area contributed by atoms with E-state index in [9.17, 15) is 19.8 Å². The summed E-state index contributed by atoms with van der Waals surface area (Å²) in [6, 6.07) is 0. The largest absolute Gasteiger partial charge is 0.481 e. The zero-order chi connectivity index (χ0) is 25.1. The van der Waals surface area contributed by atoms with Gasteiger partial charge in [0, 0.05) is 17.3 Å². The van der Waals surface area contributed by atoms with Gasteiger partial charge in [0.05, 0.1) is 11.5 Å². The molecule has 4 saturated carbocycles. The molecule has 34 heavy (non-hydrogen) atoms. The number of hydrogen-bond acceptors (Lipinski definition) is 3. The molecule has 0 aromatic heterocycles. The summed E-state index contributed by atoms with van der Waals surface area (Å²) in [7, 11) is 0. The van der Waals surface area contributed by atoms with Crippen molar-refractivity contribution in [2.45, 2.75) is 106 Å². The highest BCUT2D eigenvalue weighted by Gasteiger charge is 2.71. The van der Waals surface area contributed by atoms with Crippen LogP contribution in [0.4, 0.5) is 0 Å². The van der Waals surface area contributed by atoms with Crippen LogP contribution in [-0.4, -0.2) is 28.1 Å². The molecule has 0 amide bonds. The van der Waals surface area contributed by atoms with Gasteiger partial charge < -0.3 is 10.2 Å². The van der Waals surface area contributed by atoms with Gasteiger partial charge in [-0.25, -0.2) is 0 Å². The number of rotatable bonds is 1. The number of carboxylic acids is 1. The van der Waals surface area contributed by atoms with Crippen LogP contribution in [0.25, 0.3) is 0 Å². The molecule has 0 spiro atoms. The molecule has 5 aliphatic rings. The predicted octanol–water partition coefficient (Wildman–Crippen LogP) is 6.27. The molecule has 0 aromatic carbocycles. The molecule has 2 N–H and O–H groups in total. The number of fused-ring (bicyclic) bond motifs is 7. The van der Waals surface area contributed by atoms with Gasteiger partial charge in [0.2, 0.25) is 0 Å². The van der Waals surface area contributed by atoms with Crippen LogP contribution in [0.5, 0.6) is 0 Å². The van der Waals surface area contributed by atoms with Gasteiger partial charge >= 0.3 is 5.97 Å². The van der Waals surface area contributed by atoms with Gasteiger partial charge in [-0.05, 0) is 85.4 Å². The Morgan fingerprint density at radius 1 is 1.00 bits per heavy atom. The highest BCUT2D eigenvalue weighted by molar-refractivity contribution is 5.85. The Hall–Kier alpha value is -1.16. The fourth-order valence-electron chi connectivity index (χ4n) is 10.6. The highest BCUT2D eigenvalue weighted by Crippen LogP contribution is 2.75. The standard InChI is InChI=1S/C30H46O4/c1-17-10-13-30(25(33)34)15-14-28(6)19(24(30)18(17)2)8-9-20-27(5)12-11-22(31)26(3,4)21(27)16-23(32)29(20,28)7/h8,17-18,20-21,23-24,32H,9-16H2,1-7H3,(H,33,34)/t17-,18+,20-,21+,23-,24+,27-,28-,29+,30+/m1/s1. The average molecular weight is 471 g/mol. The van der Waals surface area contributed by atoms with Gasteiger partial charge in [0.25, 0.3) is 0 Å². The Balaban J connectivity index is 1.66. The smallest absolute Gasteiger partial charge is 0.310 e. The SMILES string of the molecule is C[C@H]1[C@H](C)CC[C@]2(C(=O)O)CC[C@]3(C)C(=CC[C@@H]4[C@@]5(C)CCC(=O)C(C)(C)[C@@H]5C[C@@H](O)[C@]43C)[C@H]12. The Morgan fingerprint density at radius 2 is 1.68 bits per heavy atom. The Kier molecular flexibility index (Phi) is 5.20. The molecule has 0 bridgehead atoms. The number of carboxylic acid groups (broad SMARTS) is 1. The first kappa shape index (κ1) is 24.5. The normalized spacial score (nSPS) is 54.1.